The van der Waals surface area contributed by atoms with E-state index in [2.05, 4.69) is 4.74 Å². The van der Waals surface area contributed by atoms with E-state index >= 15 is 0 Å². The number of benzene rings is 1. The number of rotatable bonds is 3. The summed E-state index contributed by atoms with van der Waals surface area (Å²) in [6.45, 7) is -1.41. The summed E-state index contributed by atoms with van der Waals surface area (Å²) in [5, 5.41) is 1.44. The first-order valence-electron chi connectivity index (χ1n) is 4.84. The van der Waals surface area contributed by atoms with Crippen molar-refractivity contribution < 1.29 is 17.9 Å². The molecule has 0 amide bonds. The molecule has 0 spiro atoms. The Kier molecular flexibility index (Phi) is 3.31. The van der Waals surface area contributed by atoms with Crippen LogP contribution in [0.3, 0.4) is 0 Å². The quantitative estimate of drug-likeness (QED) is 0.821. The number of fused-ring (bicyclic) bond motifs is 1. The first-order chi connectivity index (χ1) is 7.96. The lowest BCUT2D eigenvalue weighted by Gasteiger charge is -2.09. The predicted molar refractivity (Wildman–Crippen MR) is 59.0 cm³/mol. The molecule has 0 aliphatic carbocycles. The molecule has 0 unspecified atom stereocenters. The van der Waals surface area contributed by atoms with Gasteiger partial charge in [-0.2, -0.15) is 13.2 Å². The van der Waals surface area contributed by atoms with Gasteiger partial charge in [-0.05, 0) is 23.6 Å². The van der Waals surface area contributed by atoms with Crippen LogP contribution in [0, 0.1) is 0 Å². The van der Waals surface area contributed by atoms with Gasteiger partial charge in [0, 0.05) is 11.2 Å². The zero-order valence-corrected chi connectivity index (χ0v) is 9.42. The molecule has 17 heavy (non-hydrogen) atoms. The van der Waals surface area contributed by atoms with Crippen molar-refractivity contribution in [1.82, 2.24) is 4.57 Å². The molecule has 0 radical (unpaired) electrons. The van der Waals surface area contributed by atoms with E-state index in [0.717, 1.165) is 10.9 Å². The maximum Gasteiger partial charge on any atom is 0.411 e. The Morgan fingerprint density at radius 2 is 2.00 bits per heavy atom. The van der Waals surface area contributed by atoms with E-state index in [1.807, 2.05) is 0 Å². The predicted octanol–water partition coefficient (Wildman–Crippen LogP) is 3.83. The van der Waals surface area contributed by atoms with Crippen LogP contribution in [0.25, 0.3) is 10.9 Å². The van der Waals surface area contributed by atoms with Crippen molar-refractivity contribution in [2.45, 2.75) is 12.9 Å². The molecule has 2 aromatic rings. The third-order valence-electron chi connectivity index (χ3n) is 2.23. The highest BCUT2D eigenvalue weighted by atomic mass is 35.5. The lowest BCUT2D eigenvalue weighted by Crippen LogP contribution is -2.18. The zero-order valence-electron chi connectivity index (χ0n) is 8.67. The second-order valence-corrected chi connectivity index (χ2v) is 4.02. The second kappa shape index (κ2) is 4.58. The first kappa shape index (κ1) is 12.3. The second-order valence-electron chi connectivity index (χ2n) is 3.58. The molecule has 0 bridgehead atoms. The topological polar surface area (TPSA) is 14.2 Å². The van der Waals surface area contributed by atoms with Gasteiger partial charge in [0.1, 0.15) is 13.3 Å². The zero-order chi connectivity index (χ0) is 12.5. The largest absolute Gasteiger partial charge is 0.411 e. The van der Waals surface area contributed by atoms with Crippen molar-refractivity contribution in [3.8, 4) is 0 Å². The van der Waals surface area contributed by atoms with E-state index < -0.39 is 12.8 Å². The number of aromatic nitrogens is 1. The molecule has 2 rings (SSSR count). The Morgan fingerprint density at radius 3 is 2.71 bits per heavy atom. The van der Waals surface area contributed by atoms with Gasteiger partial charge in [0.05, 0.1) is 5.52 Å². The number of ether oxygens (including phenoxy) is 1. The summed E-state index contributed by atoms with van der Waals surface area (Å²) >= 11 is 5.82. The van der Waals surface area contributed by atoms with E-state index in [1.165, 1.54) is 0 Å². The molecule has 0 aliphatic rings. The van der Waals surface area contributed by atoms with E-state index in [0.29, 0.717) is 5.02 Å². The van der Waals surface area contributed by atoms with Crippen molar-refractivity contribution in [2.24, 2.45) is 0 Å². The molecule has 2 nitrogen and oxygen atoms in total. The summed E-state index contributed by atoms with van der Waals surface area (Å²) in [5.41, 5.74) is 0.750. The Balaban J connectivity index is 2.11. The fourth-order valence-corrected chi connectivity index (χ4v) is 1.70. The molecule has 0 atom stereocenters. The minimum Gasteiger partial charge on any atom is -0.351 e. The number of nitrogens with zero attached hydrogens (tertiary/aromatic N) is 1. The molecule has 1 heterocycles. The van der Waals surface area contributed by atoms with Crippen molar-refractivity contribution in [3.05, 3.63) is 35.5 Å². The summed E-state index contributed by atoms with van der Waals surface area (Å²) in [4.78, 5) is 0. The highest BCUT2D eigenvalue weighted by Crippen LogP contribution is 2.21. The van der Waals surface area contributed by atoms with Gasteiger partial charge in [-0.1, -0.05) is 17.7 Å². The average molecular weight is 264 g/mol. The van der Waals surface area contributed by atoms with Crippen molar-refractivity contribution >= 4 is 22.5 Å². The molecular weight excluding hydrogens is 255 g/mol. The normalized spacial score (nSPS) is 12.2. The van der Waals surface area contributed by atoms with E-state index in [1.54, 1.807) is 35.0 Å². The summed E-state index contributed by atoms with van der Waals surface area (Å²) in [6, 6.07) is 7.01. The smallest absolute Gasteiger partial charge is 0.351 e. The lowest BCUT2D eigenvalue weighted by atomic mass is 10.2. The molecule has 0 N–H and O–H groups in total. The van der Waals surface area contributed by atoms with Crippen LogP contribution in [-0.2, 0) is 11.5 Å². The Labute approximate surface area is 101 Å². The molecule has 0 saturated heterocycles. The highest BCUT2D eigenvalue weighted by molar-refractivity contribution is 6.31. The van der Waals surface area contributed by atoms with E-state index in [4.69, 9.17) is 11.6 Å². The molecule has 1 aromatic heterocycles. The van der Waals surface area contributed by atoms with Crippen molar-refractivity contribution in [1.29, 1.82) is 0 Å². The third kappa shape index (κ3) is 3.14. The minimum atomic E-state index is -4.30. The number of halogens is 4. The monoisotopic (exact) mass is 263 g/mol. The van der Waals surface area contributed by atoms with Crippen LogP contribution in [-0.4, -0.2) is 17.4 Å². The van der Waals surface area contributed by atoms with Crippen LogP contribution in [0.5, 0.6) is 0 Å². The summed E-state index contributed by atoms with van der Waals surface area (Å²) in [7, 11) is 0. The van der Waals surface area contributed by atoms with Gasteiger partial charge >= 0.3 is 6.18 Å². The molecule has 6 heteroatoms. The maximum atomic E-state index is 11.9. The molecule has 0 saturated carbocycles. The van der Waals surface area contributed by atoms with Crippen LogP contribution in [0.4, 0.5) is 13.2 Å². The summed E-state index contributed by atoms with van der Waals surface area (Å²) in [6.07, 6.45) is -2.64. The molecule has 0 fully saturated rings. The van der Waals surface area contributed by atoms with Gasteiger partial charge in [0.2, 0.25) is 0 Å². The van der Waals surface area contributed by atoms with E-state index in [-0.39, 0.29) is 6.73 Å². The SMILES string of the molecule is FC(F)(F)COCn1ccc2ccc(Cl)cc21. The number of hydrogen-bond acceptors (Lipinski definition) is 1. The molecule has 0 aliphatic heterocycles. The molecule has 92 valence electrons. The molecule has 1 aromatic carbocycles. The van der Waals surface area contributed by atoms with Gasteiger partial charge in [-0.25, -0.2) is 0 Å². The van der Waals surface area contributed by atoms with E-state index in [9.17, 15) is 13.2 Å². The lowest BCUT2D eigenvalue weighted by molar-refractivity contribution is -0.181. The van der Waals surface area contributed by atoms with Crippen LogP contribution in [0.2, 0.25) is 5.02 Å². The van der Waals surface area contributed by atoms with Gasteiger partial charge in [-0.15, -0.1) is 0 Å². The number of hydrogen-bond donors (Lipinski definition) is 0. The minimum absolute atomic E-state index is 0.149. The first-order valence-corrected chi connectivity index (χ1v) is 5.22. The van der Waals surface area contributed by atoms with Gasteiger partial charge < -0.3 is 9.30 Å². The van der Waals surface area contributed by atoms with Crippen molar-refractivity contribution in [3.63, 3.8) is 0 Å². The van der Waals surface area contributed by atoms with Crippen LogP contribution >= 0.6 is 11.6 Å². The number of alkyl halides is 3. The Bertz CT molecular complexity index is 521. The summed E-state index contributed by atoms with van der Waals surface area (Å²) in [5.74, 6) is 0. The van der Waals surface area contributed by atoms with Crippen LogP contribution < -0.4 is 0 Å². The Hall–Kier alpha value is -1.20. The van der Waals surface area contributed by atoms with Crippen LogP contribution in [0.1, 0.15) is 0 Å². The van der Waals surface area contributed by atoms with Gasteiger partial charge in [-0.3, -0.25) is 0 Å². The van der Waals surface area contributed by atoms with Gasteiger partial charge in [0.15, 0.2) is 0 Å². The summed E-state index contributed by atoms with van der Waals surface area (Å²) < 4.78 is 41.9. The average Bonchev–Trinajstić information content (AvgIpc) is 2.59. The maximum absolute atomic E-state index is 11.9. The molecular formula is C11H9ClF3NO. The highest BCUT2D eigenvalue weighted by Gasteiger charge is 2.27. The Morgan fingerprint density at radius 1 is 1.24 bits per heavy atom. The standard InChI is InChI=1S/C11H9ClF3NO/c12-9-2-1-8-3-4-16(10(8)5-9)7-17-6-11(13,14)15/h1-5H,6-7H2. The third-order valence-corrected chi connectivity index (χ3v) is 2.47. The van der Waals surface area contributed by atoms with Gasteiger partial charge in [0.25, 0.3) is 0 Å². The fraction of sp³-hybridized carbons (Fsp3) is 0.273. The van der Waals surface area contributed by atoms with Crippen LogP contribution in [0.15, 0.2) is 30.5 Å². The fourth-order valence-electron chi connectivity index (χ4n) is 1.53. The van der Waals surface area contributed by atoms with Crippen molar-refractivity contribution in [2.75, 3.05) is 6.61 Å².